The van der Waals surface area contributed by atoms with Crippen molar-refractivity contribution in [2.75, 3.05) is 0 Å². The van der Waals surface area contributed by atoms with Crippen LogP contribution in [0, 0.1) is 0 Å². The summed E-state index contributed by atoms with van der Waals surface area (Å²) in [6.45, 7) is 6.11. The first-order valence-corrected chi connectivity index (χ1v) is 7.13. The maximum absolute atomic E-state index is 12.3. The number of carbonyl (C=O) groups is 1. The van der Waals surface area contributed by atoms with E-state index in [1.54, 1.807) is 16.9 Å². The maximum Gasteiger partial charge on any atom is 0.270 e. The van der Waals surface area contributed by atoms with E-state index in [2.05, 4.69) is 23.4 Å². The molecule has 1 atom stereocenters. The highest BCUT2D eigenvalue weighted by molar-refractivity contribution is 5.92. The molecular formula is C15H23N3O. The van der Waals surface area contributed by atoms with E-state index in [4.69, 9.17) is 0 Å². The van der Waals surface area contributed by atoms with Crippen LogP contribution in [0.2, 0.25) is 0 Å². The first-order valence-electron chi connectivity index (χ1n) is 7.13. The molecular weight excluding hydrogens is 238 g/mol. The molecule has 4 nitrogen and oxygen atoms in total. The SMILES string of the molecule is CC(C)n1nccc1C(=O)N[C@@H](C)C1=CCCCC1. The van der Waals surface area contributed by atoms with E-state index in [0.717, 1.165) is 12.8 Å². The van der Waals surface area contributed by atoms with Gasteiger partial charge in [0.15, 0.2) is 0 Å². The van der Waals surface area contributed by atoms with Gasteiger partial charge in [-0.25, -0.2) is 0 Å². The second kappa shape index (κ2) is 6.04. The Bertz CT molecular complexity index is 473. The highest BCUT2D eigenvalue weighted by Crippen LogP contribution is 2.20. The van der Waals surface area contributed by atoms with E-state index in [9.17, 15) is 4.79 Å². The zero-order chi connectivity index (χ0) is 13.8. The zero-order valence-corrected chi connectivity index (χ0v) is 12.0. The van der Waals surface area contributed by atoms with Gasteiger partial charge in [-0.15, -0.1) is 0 Å². The molecule has 1 aliphatic carbocycles. The predicted molar refractivity (Wildman–Crippen MR) is 76.1 cm³/mol. The molecule has 0 saturated carbocycles. The molecule has 1 N–H and O–H groups in total. The molecule has 0 radical (unpaired) electrons. The summed E-state index contributed by atoms with van der Waals surface area (Å²) < 4.78 is 1.76. The van der Waals surface area contributed by atoms with Gasteiger partial charge in [0.05, 0.1) is 0 Å². The fraction of sp³-hybridized carbons (Fsp3) is 0.600. The molecule has 0 aliphatic heterocycles. The zero-order valence-electron chi connectivity index (χ0n) is 12.0. The Hall–Kier alpha value is -1.58. The van der Waals surface area contributed by atoms with Gasteiger partial charge in [-0.2, -0.15) is 5.10 Å². The molecule has 104 valence electrons. The van der Waals surface area contributed by atoms with Crippen molar-refractivity contribution in [2.45, 2.75) is 58.5 Å². The van der Waals surface area contributed by atoms with Gasteiger partial charge in [0.2, 0.25) is 0 Å². The molecule has 1 heterocycles. The molecule has 0 spiro atoms. The standard InChI is InChI=1S/C15H23N3O/c1-11(2)18-14(9-10-16-18)15(19)17-12(3)13-7-5-4-6-8-13/h7,9-12H,4-6,8H2,1-3H3,(H,17,19)/t12-/m0/s1. The quantitative estimate of drug-likeness (QED) is 0.847. The topological polar surface area (TPSA) is 46.9 Å². The Balaban J connectivity index is 2.04. The summed E-state index contributed by atoms with van der Waals surface area (Å²) in [4.78, 5) is 12.3. The number of amides is 1. The lowest BCUT2D eigenvalue weighted by Gasteiger charge is -2.21. The van der Waals surface area contributed by atoms with E-state index in [1.165, 1.54) is 18.4 Å². The second-order valence-electron chi connectivity index (χ2n) is 5.47. The predicted octanol–water partition coefficient (Wildman–Crippen LogP) is 3.08. The molecule has 0 bridgehead atoms. The summed E-state index contributed by atoms with van der Waals surface area (Å²) in [6, 6.07) is 2.08. The number of allylic oxidation sites excluding steroid dienone is 1. The average molecular weight is 261 g/mol. The van der Waals surface area contributed by atoms with Crippen molar-refractivity contribution in [2.24, 2.45) is 0 Å². The van der Waals surface area contributed by atoms with Crippen molar-refractivity contribution < 1.29 is 4.79 Å². The maximum atomic E-state index is 12.3. The molecule has 0 unspecified atom stereocenters. The minimum Gasteiger partial charge on any atom is -0.345 e. The Morgan fingerprint density at radius 1 is 1.37 bits per heavy atom. The molecule has 0 saturated heterocycles. The van der Waals surface area contributed by atoms with Crippen LogP contribution in [0.5, 0.6) is 0 Å². The van der Waals surface area contributed by atoms with Crippen LogP contribution in [-0.4, -0.2) is 21.7 Å². The second-order valence-corrected chi connectivity index (χ2v) is 5.47. The third kappa shape index (κ3) is 3.25. The van der Waals surface area contributed by atoms with Crippen LogP contribution in [0.1, 0.15) is 63.0 Å². The van der Waals surface area contributed by atoms with E-state index in [1.807, 2.05) is 13.8 Å². The number of nitrogens with one attached hydrogen (secondary N) is 1. The van der Waals surface area contributed by atoms with Gasteiger partial charge in [0.1, 0.15) is 5.69 Å². The molecule has 0 aromatic carbocycles. The number of hydrogen-bond donors (Lipinski definition) is 1. The van der Waals surface area contributed by atoms with Gasteiger partial charge in [0.25, 0.3) is 5.91 Å². The Labute approximate surface area is 114 Å². The highest BCUT2D eigenvalue weighted by atomic mass is 16.2. The number of hydrogen-bond acceptors (Lipinski definition) is 2. The number of aromatic nitrogens is 2. The van der Waals surface area contributed by atoms with Crippen LogP contribution >= 0.6 is 0 Å². The summed E-state index contributed by atoms with van der Waals surface area (Å²) in [6.07, 6.45) is 8.69. The molecule has 2 rings (SSSR count). The number of rotatable bonds is 4. The van der Waals surface area contributed by atoms with Gasteiger partial charge in [-0.1, -0.05) is 11.6 Å². The van der Waals surface area contributed by atoms with Gasteiger partial charge in [0, 0.05) is 18.3 Å². The van der Waals surface area contributed by atoms with Gasteiger partial charge < -0.3 is 5.32 Å². The minimum absolute atomic E-state index is 0.0369. The van der Waals surface area contributed by atoms with Gasteiger partial charge in [-0.05, 0) is 52.5 Å². The van der Waals surface area contributed by atoms with Crippen LogP contribution < -0.4 is 5.32 Å². The normalized spacial score (nSPS) is 17.2. The van der Waals surface area contributed by atoms with Crippen molar-refractivity contribution in [1.82, 2.24) is 15.1 Å². The largest absolute Gasteiger partial charge is 0.345 e. The van der Waals surface area contributed by atoms with Crippen molar-refractivity contribution in [3.63, 3.8) is 0 Å². The fourth-order valence-electron chi connectivity index (χ4n) is 2.53. The molecule has 1 aromatic rings. The van der Waals surface area contributed by atoms with E-state index < -0.39 is 0 Å². The third-order valence-electron chi connectivity index (χ3n) is 3.62. The van der Waals surface area contributed by atoms with Crippen LogP contribution in [0.25, 0.3) is 0 Å². The van der Waals surface area contributed by atoms with E-state index >= 15 is 0 Å². The molecule has 1 aromatic heterocycles. The number of carbonyl (C=O) groups excluding carboxylic acids is 1. The Morgan fingerprint density at radius 2 is 2.16 bits per heavy atom. The van der Waals surface area contributed by atoms with Crippen LogP contribution in [-0.2, 0) is 0 Å². The molecule has 0 fully saturated rings. The first-order chi connectivity index (χ1) is 9.09. The highest BCUT2D eigenvalue weighted by Gasteiger charge is 2.18. The summed E-state index contributed by atoms with van der Waals surface area (Å²) in [7, 11) is 0. The Morgan fingerprint density at radius 3 is 2.79 bits per heavy atom. The van der Waals surface area contributed by atoms with Crippen molar-refractivity contribution >= 4 is 5.91 Å². The lowest BCUT2D eigenvalue weighted by Crippen LogP contribution is -2.35. The van der Waals surface area contributed by atoms with Crippen LogP contribution in [0.15, 0.2) is 23.9 Å². The third-order valence-corrected chi connectivity index (χ3v) is 3.62. The summed E-state index contributed by atoms with van der Waals surface area (Å²) in [5.74, 6) is -0.0369. The van der Waals surface area contributed by atoms with E-state index in [0.29, 0.717) is 5.69 Å². The van der Waals surface area contributed by atoms with Crippen molar-refractivity contribution in [3.8, 4) is 0 Å². The van der Waals surface area contributed by atoms with Crippen molar-refractivity contribution in [1.29, 1.82) is 0 Å². The first kappa shape index (κ1) is 13.8. The minimum atomic E-state index is -0.0369. The molecule has 1 amide bonds. The summed E-state index contributed by atoms with van der Waals surface area (Å²) >= 11 is 0. The molecule has 19 heavy (non-hydrogen) atoms. The number of nitrogens with zero attached hydrogens (tertiary/aromatic N) is 2. The fourth-order valence-corrected chi connectivity index (χ4v) is 2.53. The smallest absolute Gasteiger partial charge is 0.270 e. The average Bonchev–Trinajstić information content (AvgIpc) is 2.89. The van der Waals surface area contributed by atoms with Gasteiger partial charge >= 0.3 is 0 Å². The monoisotopic (exact) mass is 261 g/mol. The van der Waals surface area contributed by atoms with Gasteiger partial charge in [-0.3, -0.25) is 9.48 Å². The summed E-state index contributed by atoms with van der Waals surface area (Å²) in [5.41, 5.74) is 1.99. The molecule has 1 aliphatic rings. The summed E-state index contributed by atoms with van der Waals surface area (Å²) in [5, 5.41) is 7.28. The van der Waals surface area contributed by atoms with Crippen LogP contribution in [0.4, 0.5) is 0 Å². The lowest BCUT2D eigenvalue weighted by atomic mass is 9.95. The van der Waals surface area contributed by atoms with Crippen LogP contribution in [0.3, 0.4) is 0 Å². The lowest BCUT2D eigenvalue weighted by molar-refractivity contribution is 0.0932. The van der Waals surface area contributed by atoms with E-state index in [-0.39, 0.29) is 18.0 Å². The molecule has 4 heteroatoms. The van der Waals surface area contributed by atoms with Crippen molar-refractivity contribution in [3.05, 3.63) is 29.6 Å². The Kier molecular flexibility index (Phi) is 4.40.